The maximum atomic E-state index is 9.95. The average molecular weight is 243 g/mol. The van der Waals surface area contributed by atoms with Gasteiger partial charge in [-0.15, -0.1) is 0 Å². The van der Waals surface area contributed by atoms with Crippen LogP contribution in [0.2, 0.25) is 0 Å². The molecule has 0 saturated carbocycles. The summed E-state index contributed by atoms with van der Waals surface area (Å²) >= 11 is 0. The van der Waals surface area contributed by atoms with Gasteiger partial charge in [0.1, 0.15) is 0 Å². The summed E-state index contributed by atoms with van der Waals surface area (Å²) in [5, 5.41) is 21.0. The lowest BCUT2D eigenvalue weighted by Gasteiger charge is -2.11. The van der Waals surface area contributed by atoms with Crippen molar-refractivity contribution >= 4 is 0 Å². The fourth-order valence-corrected chi connectivity index (χ4v) is 1.72. The van der Waals surface area contributed by atoms with E-state index in [-0.39, 0.29) is 0 Å². The highest BCUT2D eigenvalue weighted by atomic mass is 16.3. The van der Waals surface area contributed by atoms with E-state index in [0.717, 1.165) is 17.8 Å². The minimum Gasteiger partial charge on any atom is -0.388 e. The molecule has 4 nitrogen and oxygen atoms in total. The van der Waals surface area contributed by atoms with Crippen molar-refractivity contribution in [3.05, 3.63) is 59.9 Å². The van der Waals surface area contributed by atoms with Crippen LogP contribution in [0.1, 0.15) is 23.8 Å². The monoisotopic (exact) mass is 243 g/mol. The second-order valence-corrected chi connectivity index (χ2v) is 4.11. The molecule has 1 aromatic carbocycles. The van der Waals surface area contributed by atoms with E-state index in [4.69, 9.17) is 0 Å². The van der Waals surface area contributed by atoms with E-state index in [2.05, 4.69) is 15.5 Å². The van der Waals surface area contributed by atoms with E-state index in [1.54, 1.807) is 6.20 Å². The van der Waals surface area contributed by atoms with Gasteiger partial charge in [-0.25, -0.2) is 0 Å². The molecule has 2 aromatic rings. The molecule has 0 unspecified atom stereocenters. The first-order chi connectivity index (χ1) is 8.86. The predicted octanol–water partition coefficient (Wildman–Crippen LogP) is 1.69. The molecule has 0 spiro atoms. The fraction of sp³-hybridized carbons (Fsp3) is 0.286. The molecule has 1 heterocycles. The summed E-state index contributed by atoms with van der Waals surface area (Å²) in [5.41, 5.74) is 1.87. The zero-order valence-electron chi connectivity index (χ0n) is 10.2. The van der Waals surface area contributed by atoms with Crippen molar-refractivity contribution in [1.82, 2.24) is 15.5 Å². The Kier molecular flexibility index (Phi) is 4.81. The summed E-state index contributed by atoms with van der Waals surface area (Å²) < 4.78 is 0. The van der Waals surface area contributed by atoms with Crippen LogP contribution in [0.4, 0.5) is 0 Å². The van der Waals surface area contributed by atoms with E-state index in [0.29, 0.717) is 13.0 Å². The van der Waals surface area contributed by atoms with E-state index < -0.39 is 6.10 Å². The van der Waals surface area contributed by atoms with Gasteiger partial charge in [0.25, 0.3) is 0 Å². The molecule has 0 bridgehead atoms. The Morgan fingerprint density at radius 3 is 2.67 bits per heavy atom. The Morgan fingerprint density at radius 2 is 1.94 bits per heavy atom. The third-order valence-electron chi connectivity index (χ3n) is 2.71. The summed E-state index contributed by atoms with van der Waals surface area (Å²) in [6, 6.07) is 13.5. The summed E-state index contributed by atoms with van der Waals surface area (Å²) in [7, 11) is 0. The van der Waals surface area contributed by atoms with Crippen LogP contribution in [0.15, 0.2) is 48.7 Å². The van der Waals surface area contributed by atoms with E-state index in [1.807, 2.05) is 42.5 Å². The molecular weight excluding hydrogens is 226 g/mol. The Morgan fingerprint density at radius 1 is 1.11 bits per heavy atom. The summed E-state index contributed by atoms with van der Waals surface area (Å²) in [6.45, 7) is 1.42. The second kappa shape index (κ2) is 6.83. The molecule has 2 N–H and O–H groups in total. The normalized spacial score (nSPS) is 12.3. The van der Waals surface area contributed by atoms with Gasteiger partial charge in [0.2, 0.25) is 0 Å². The smallest absolute Gasteiger partial charge is 0.0802 e. The maximum absolute atomic E-state index is 9.95. The van der Waals surface area contributed by atoms with Crippen molar-refractivity contribution in [3.63, 3.8) is 0 Å². The SMILES string of the molecule is O[C@H](CCNCc1cccnn1)c1ccccc1. The van der Waals surface area contributed by atoms with E-state index >= 15 is 0 Å². The Hall–Kier alpha value is -1.78. The van der Waals surface area contributed by atoms with Gasteiger partial charge in [0.05, 0.1) is 11.8 Å². The van der Waals surface area contributed by atoms with Crippen LogP contribution >= 0.6 is 0 Å². The predicted molar refractivity (Wildman–Crippen MR) is 69.8 cm³/mol. The lowest BCUT2D eigenvalue weighted by Crippen LogP contribution is -2.18. The molecule has 2 rings (SSSR count). The quantitative estimate of drug-likeness (QED) is 0.758. The van der Waals surface area contributed by atoms with Gasteiger partial charge in [0.15, 0.2) is 0 Å². The van der Waals surface area contributed by atoms with Crippen molar-refractivity contribution in [2.24, 2.45) is 0 Å². The van der Waals surface area contributed by atoms with Crippen molar-refractivity contribution in [1.29, 1.82) is 0 Å². The summed E-state index contributed by atoms with van der Waals surface area (Å²) in [5.74, 6) is 0. The first-order valence-electron chi connectivity index (χ1n) is 6.06. The third kappa shape index (κ3) is 3.91. The number of hydrogen-bond acceptors (Lipinski definition) is 4. The minimum atomic E-state index is -0.416. The topological polar surface area (TPSA) is 58.0 Å². The first-order valence-corrected chi connectivity index (χ1v) is 6.06. The molecule has 4 heteroatoms. The van der Waals surface area contributed by atoms with Gasteiger partial charge in [-0.2, -0.15) is 10.2 Å². The van der Waals surface area contributed by atoms with Gasteiger partial charge in [0, 0.05) is 12.7 Å². The Balaban J connectivity index is 1.70. The number of aliphatic hydroxyl groups excluding tert-OH is 1. The molecule has 0 radical (unpaired) electrons. The maximum Gasteiger partial charge on any atom is 0.0802 e. The summed E-state index contributed by atoms with van der Waals surface area (Å²) in [4.78, 5) is 0. The molecule has 0 aliphatic carbocycles. The minimum absolute atomic E-state index is 0.416. The standard InChI is InChI=1S/C14H17N3O/c18-14(12-5-2-1-3-6-12)8-10-15-11-13-7-4-9-16-17-13/h1-7,9,14-15,18H,8,10-11H2/t14-/m1/s1. The largest absolute Gasteiger partial charge is 0.388 e. The van der Waals surface area contributed by atoms with Crippen molar-refractivity contribution in [2.45, 2.75) is 19.1 Å². The molecule has 0 fully saturated rings. The van der Waals surface area contributed by atoms with Crippen LogP contribution < -0.4 is 5.32 Å². The molecule has 0 amide bonds. The van der Waals surface area contributed by atoms with Crippen LogP contribution in [-0.2, 0) is 6.54 Å². The van der Waals surface area contributed by atoms with Crippen LogP contribution in [0, 0.1) is 0 Å². The van der Waals surface area contributed by atoms with Gasteiger partial charge in [-0.3, -0.25) is 0 Å². The molecular formula is C14H17N3O. The van der Waals surface area contributed by atoms with Gasteiger partial charge >= 0.3 is 0 Å². The lowest BCUT2D eigenvalue weighted by atomic mass is 10.1. The molecule has 0 saturated heterocycles. The van der Waals surface area contributed by atoms with E-state index in [1.165, 1.54) is 0 Å². The van der Waals surface area contributed by atoms with Crippen molar-refractivity contribution < 1.29 is 5.11 Å². The van der Waals surface area contributed by atoms with Crippen LogP contribution in [-0.4, -0.2) is 21.8 Å². The highest BCUT2D eigenvalue weighted by molar-refractivity contribution is 5.17. The number of hydrogen-bond donors (Lipinski definition) is 2. The zero-order chi connectivity index (χ0) is 12.6. The average Bonchev–Trinajstić information content (AvgIpc) is 2.45. The Labute approximate surface area is 107 Å². The number of aromatic nitrogens is 2. The van der Waals surface area contributed by atoms with Crippen molar-refractivity contribution in [3.8, 4) is 0 Å². The van der Waals surface area contributed by atoms with Crippen LogP contribution in [0.3, 0.4) is 0 Å². The first kappa shape index (κ1) is 12.7. The molecule has 18 heavy (non-hydrogen) atoms. The molecule has 94 valence electrons. The summed E-state index contributed by atoms with van der Waals surface area (Å²) in [6.07, 6.45) is 1.92. The second-order valence-electron chi connectivity index (χ2n) is 4.11. The van der Waals surface area contributed by atoms with Crippen LogP contribution in [0.5, 0.6) is 0 Å². The van der Waals surface area contributed by atoms with Gasteiger partial charge < -0.3 is 10.4 Å². The number of nitrogens with zero attached hydrogens (tertiary/aromatic N) is 2. The highest BCUT2D eigenvalue weighted by Crippen LogP contribution is 2.14. The molecule has 0 aliphatic heterocycles. The Bertz CT molecular complexity index is 447. The zero-order valence-corrected chi connectivity index (χ0v) is 10.2. The van der Waals surface area contributed by atoms with E-state index in [9.17, 15) is 5.11 Å². The number of benzene rings is 1. The molecule has 1 atom stereocenters. The van der Waals surface area contributed by atoms with Crippen molar-refractivity contribution in [2.75, 3.05) is 6.54 Å². The molecule has 0 aliphatic rings. The number of rotatable bonds is 6. The molecule has 1 aromatic heterocycles. The van der Waals surface area contributed by atoms with Gasteiger partial charge in [-0.1, -0.05) is 30.3 Å². The highest BCUT2D eigenvalue weighted by Gasteiger charge is 2.05. The van der Waals surface area contributed by atoms with Gasteiger partial charge in [-0.05, 0) is 30.7 Å². The number of aliphatic hydroxyl groups is 1. The fourth-order valence-electron chi connectivity index (χ4n) is 1.72. The third-order valence-corrected chi connectivity index (χ3v) is 2.71. The number of nitrogens with one attached hydrogen (secondary N) is 1. The lowest BCUT2D eigenvalue weighted by molar-refractivity contribution is 0.166. The van der Waals surface area contributed by atoms with Crippen LogP contribution in [0.25, 0.3) is 0 Å².